The van der Waals surface area contributed by atoms with Crippen LogP contribution in [0.25, 0.3) is 10.1 Å². The van der Waals surface area contributed by atoms with Crippen LogP contribution in [0.3, 0.4) is 0 Å². The minimum atomic E-state index is -0.302. The number of amides is 1. The maximum absolute atomic E-state index is 12.1. The van der Waals surface area contributed by atoms with Gasteiger partial charge in [0.1, 0.15) is 4.88 Å². The van der Waals surface area contributed by atoms with E-state index in [4.69, 9.17) is 11.6 Å². The summed E-state index contributed by atoms with van der Waals surface area (Å²) in [4.78, 5) is 12.6. The number of hydrogen-bond acceptors (Lipinski definition) is 4. The van der Waals surface area contributed by atoms with E-state index >= 15 is 0 Å². The monoisotopic (exact) mass is 398 g/mol. The quantitative estimate of drug-likeness (QED) is 0.480. The van der Waals surface area contributed by atoms with Gasteiger partial charge in [-0.15, -0.1) is 11.3 Å². The smallest absolute Gasteiger partial charge is 0.266 e. The number of carbonyl (C=O) groups excluding carboxylic acids is 1. The van der Waals surface area contributed by atoms with Crippen LogP contribution in [0.4, 0.5) is 0 Å². The van der Waals surface area contributed by atoms with Crippen LogP contribution in [0, 0.1) is 0 Å². The minimum absolute atomic E-state index is 0.302. The molecule has 2 heterocycles. The molecule has 0 aliphatic carbocycles. The van der Waals surface area contributed by atoms with Gasteiger partial charge in [0.25, 0.3) is 5.91 Å². The van der Waals surface area contributed by atoms with Crippen molar-refractivity contribution in [1.82, 2.24) is 5.43 Å². The summed E-state index contributed by atoms with van der Waals surface area (Å²) in [6.45, 7) is 0. The van der Waals surface area contributed by atoms with E-state index in [2.05, 4.69) is 26.5 Å². The second-order valence-corrected chi connectivity index (χ2v) is 7.27. The zero-order chi connectivity index (χ0) is 14.8. The van der Waals surface area contributed by atoms with Crippen molar-refractivity contribution in [2.45, 2.75) is 0 Å². The number of carbonyl (C=O) groups is 1. The van der Waals surface area contributed by atoms with Gasteiger partial charge in [-0.25, -0.2) is 5.43 Å². The highest BCUT2D eigenvalue weighted by molar-refractivity contribution is 9.10. The van der Waals surface area contributed by atoms with E-state index in [1.165, 1.54) is 11.3 Å². The van der Waals surface area contributed by atoms with E-state index in [9.17, 15) is 4.79 Å². The van der Waals surface area contributed by atoms with Gasteiger partial charge in [-0.05, 0) is 29.0 Å². The third kappa shape index (κ3) is 3.18. The largest absolute Gasteiger partial charge is 0.283 e. The van der Waals surface area contributed by atoms with Gasteiger partial charge < -0.3 is 0 Å². The lowest BCUT2D eigenvalue weighted by atomic mass is 10.2. The van der Waals surface area contributed by atoms with Crippen molar-refractivity contribution < 1.29 is 4.79 Å². The van der Waals surface area contributed by atoms with Gasteiger partial charge in [0.2, 0.25) is 0 Å². The SMILES string of the molecule is O=C(NN=Cc1ccsc1)c1sc2cc(Br)ccc2c1Cl. The first kappa shape index (κ1) is 14.7. The third-order valence-electron chi connectivity index (χ3n) is 2.72. The molecule has 0 bridgehead atoms. The highest BCUT2D eigenvalue weighted by Crippen LogP contribution is 2.36. The first-order valence-electron chi connectivity index (χ1n) is 5.88. The molecule has 0 aliphatic rings. The Morgan fingerprint density at radius 1 is 1.38 bits per heavy atom. The molecule has 2 aromatic heterocycles. The number of halogens is 2. The molecule has 0 radical (unpaired) electrons. The average Bonchev–Trinajstić information content (AvgIpc) is 3.07. The maximum atomic E-state index is 12.1. The predicted molar refractivity (Wildman–Crippen MR) is 93.9 cm³/mol. The summed E-state index contributed by atoms with van der Waals surface area (Å²) in [5.41, 5.74) is 3.45. The zero-order valence-electron chi connectivity index (χ0n) is 10.5. The molecular formula is C14H8BrClN2OS2. The van der Waals surface area contributed by atoms with E-state index in [1.54, 1.807) is 17.6 Å². The molecule has 1 N–H and O–H groups in total. The molecule has 3 nitrogen and oxygen atoms in total. The van der Waals surface area contributed by atoms with E-state index in [0.29, 0.717) is 9.90 Å². The predicted octanol–water partition coefficient (Wildman–Crippen LogP) is 5.14. The van der Waals surface area contributed by atoms with Crippen LogP contribution >= 0.6 is 50.2 Å². The van der Waals surface area contributed by atoms with Crippen LogP contribution in [-0.4, -0.2) is 12.1 Å². The van der Waals surface area contributed by atoms with Crippen molar-refractivity contribution in [3.8, 4) is 0 Å². The Hall–Kier alpha value is -1.21. The van der Waals surface area contributed by atoms with Gasteiger partial charge in [-0.1, -0.05) is 33.6 Å². The Bertz CT molecular complexity index is 827. The Balaban J connectivity index is 1.83. The Labute approximate surface area is 142 Å². The molecule has 0 saturated heterocycles. The van der Waals surface area contributed by atoms with Crippen LogP contribution < -0.4 is 5.43 Å². The molecule has 1 amide bonds. The second-order valence-electron chi connectivity index (χ2n) is 4.14. The van der Waals surface area contributed by atoms with E-state index < -0.39 is 0 Å². The molecular weight excluding hydrogens is 392 g/mol. The third-order valence-corrected chi connectivity index (χ3v) is 5.57. The maximum Gasteiger partial charge on any atom is 0.283 e. The molecule has 106 valence electrons. The summed E-state index contributed by atoms with van der Waals surface area (Å²) >= 11 is 12.6. The van der Waals surface area contributed by atoms with Gasteiger partial charge in [0.15, 0.2) is 0 Å². The summed E-state index contributed by atoms with van der Waals surface area (Å²) in [6, 6.07) is 7.66. The van der Waals surface area contributed by atoms with Crippen LogP contribution in [0.2, 0.25) is 5.02 Å². The van der Waals surface area contributed by atoms with Crippen LogP contribution in [0.5, 0.6) is 0 Å². The molecule has 0 fully saturated rings. The molecule has 0 spiro atoms. The molecule has 0 atom stereocenters. The normalized spacial score (nSPS) is 11.3. The summed E-state index contributed by atoms with van der Waals surface area (Å²) in [6.07, 6.45) is 1.60. The fourth-order valence-electron chi connectivity index (χ4n) is 1.75. The fourth-order valence-corrected chi connectivity index (χ4v) is 4.32. The zero-order valence-corrected chi connectivity index (χ0v) is 14.4. The average molecular weight is 400 g/mol. The first-order chi connectivity index (χ1) is 10.1. The molecule has 0 unspecified atom stereocenters. The lowest BCUT2D eigenvalue weighted by Crippen LogP contribution is -2.16. The lowest BCUT2D eigenvalue weighted by molar-refractivity contribution is 0.0959. The number of hydrogen-bond donors (Lipinski definition) is 1. The highest BCUT2D eigenvalue weighted by Gasteiger charge is 2.16. The number of nitrogens with zero attached hydrogens (tertiary/aromatic N) is 1. The number of fused-ring (bicyclic) bond motifs is 1. The van der Waals surface area contributed by atoms with Crippen LogP contribution in [-0.2, 0) is 0 Å². The minimum Gasteiger partial charge on any atom is -0.266 e. The first-order valence-corrected chi connectivity index (χ1v) is 8.81. The van der Waals surface area contributed by atoms with Gasteiger partial charge in [0, 0.05) is 20.1 Å². The Kier molecular flexibility index (Phi) is 4.40. The number of hydrazone groups is 1. The van der Waals surface area contributed by atoms with Crippen molar-refractivity contribution in [2.75, 3.05) is 0 Å². The number of benzene rings is 1. The molecule has 3 rings (SSSR count). The molecule has 7 heteroatoms. The van der Waals surface area contributed by atoms with Gasteiger partial charge in [-0.3, -0.25) is 4.79 Å². The van der Waals surface area contributed by atoms with E-state index in [0.717, 1.165) is 20.1 Å². The van der Waals surface area contributed by atoms with Gasteiger partial charge in [-0.2, -0.15) is 16.4 Å². The highest BCUT2D eigenvalue weighted by atomic mass is 79.9. The number of thiophene rings is 2. The summed E-state index contributed by atoms with van der Waals surface area (Å²) < 4.78 is 1.91. The van der Waals surface area contributed by atoms with Gasteiger partial charge in [0.05, 0.1) is 11.2 Å². The van der Waals surface area contributed by atoms with Crippen molar-refractivity contribution in [3.63, 3.8) is 0 Å². The summed E-state index contributed by atoms with van der Waals surface area (Å²) in [7, 11) is 0. The topological polar surface area (TPSA) is 41.5 Å². The number of rotatable bonds is 3. The summed E-state index contributed by atoms with van der Waals surface area (Å²) in [5, 5.41) is 9.17. The number of nitrogens with one attached hydrogen (secondary N) is 1. The Morgan fingerprint density at radius 3 is 3.00 bits per heavy atom. The second kappa shape index (κ2) is 6.27. The standard InChI is InChI=1S/C14H8BrClN2OS2/c15-9-1-2-10-11(5-9)21-13(12(10)16)14(19)18-17-6-8-3-4-20-7-8/h1-7H,(H,18,19). The van der Waals surface area contributed by atoms with Crippen LogP contribution in [0.1, 0.15) is 15.2 Å². The van der Waals surface area contributed by atoms with Crippen molar-refractivity contribution in [3.05, 3.63) is 55.0 Å². The molecule has 0 saturated carbocycles. The van der Waals surface area contributed by atoms with Crippen molar-refractivity contribution >= 4 is 72.4 Å². The van der Waals surface area contributed by atoms with E-state index in [1.807, 2.05) is 35.0 Å². The van der Waals surface area contributed by atoms with Crippen molar-refractivity contribution in [1.29, 1.82) is 0 Å². The molecule has 0 aliphatic heterocycles. The van der Waals surface area contributed by atoms with E-state index in [-0.39, 0.29) is 5.91 Å². The van der Waals surface area contributed by atoms with Gasteiger partial charge >= 0.3 is 0 Å². The summed E-state index contributed by atoms with van der Waals surface area (Å²) in [5.74, 6) is -0.302. The Morgan fingerprint density at radius 2 is 2.24 bits per heavy atom. The molecule has 21 heavy (non-hydrogen) atoms. The lowest BCUT2D eigenvalue weighted by Gasteiger charge is -1.96. The fraction of sp³-hybridized carbons (Fsp3) is 0. The molecule has 1 aromatic carbocycles. The van der Waals surface area contributed by atoms with Crippen LogP contribution in [0.15, 0.2) is 44.6 Å². The molecule has 3 aromatic rings. The van der Waals surface area contributed by atoms with Crippen molar-refractivity contribution in [2.24, 2.45) is 5.10 Å².